The van der Waals surface area contributed by atoms with Gasteiger partial charge in [-0.2, -0.15) is 4.98 Å². The molecule has 29 heavy (non-hydrogen) atoms. The number of nitrogens with zero attached hydrogens (tertiary/aromatic N) is 2. The number of carbonyl (C=O) groups is 1. The molecule has 0 atom stereocenters. The molecule has 3 rings (SSSR count). The predicted molar refractivity (Wildman–Crippen MR) is 112 cm³/mol. The van der Waals surface area contributed by atoms with Crippen LogP contribution in [0.4, 0.5) is 17.5 Å². The molecule has 0 radical (unpaired) electrons. The van der Waals surface area contributed by atoms with Gasteiger partial charge in [-0.05, 0) is 49.4 Å². The number of anilines is 3. The molecular formula is C21H23N5O3. The number of rotatable bonds is 9. The first kappa shape index (κ1) is 19.9. The zero-order chi connectivity index (χ0) is 20.5. The van der Waals surface area contributed by atoms with Crippen LogP contribution < -0.4 is 20.7 Å². The Morgan fingerprint density at radius 3 is 2.72 bits per heavy atom. The summed E-state index contributed by atoms with van der Waals surface area (Å²) in [5, 5.41) is 9.14. The Morgan fingerprint density at radius 1 is 1.17 bits per heavy atom. The monoisotopic (exact) mass is 393 g/mol. The van der Waals surface area contributed by atoms with Gasteiger partial charge >= 0.3 is 0 Å². The summed E-state index contributed by atoms with van der Waals surface area (Å²) in [6.45, 7) is 2.82. The number of amides is 1. The van der Waals surface area contributed by atoms with Crippen molar-refractivity contribution in [3.05, 3.63) is 66.3 Å². The fraction of sp³-hybridized carbons (Fsp3) is 0.190. The lowest BCUT2D eigenvalue weighted by atomic mass is 10.3. The Hall–Kier alpha value is -3.81. The molecule has 0 spiro atoms. The highest BCUT2D eigenvalue weighted by Gasteiger charge is 2.04. The molecular weight excluding hydrogens is 370 g/mol. The molecule has 0 saturated heterocycles. The minimum Gasteiger partial charge on any atom is -0.497 e. The quantitative estimate of drug-likeness (QED) is 0.378. The summed E-state index contributed by atoms with van der Waals surface area (Å²) >= 11 is 0. The highest BCUT2D eigenvalue weighted by molar-refractivity contribution is 5.91. The largest absolute Gasteiger partial charge is 0.497 e. The molecule has 0 aliphatic heterocycles. The Bertz CT molecular complexity index is 953. The third-order valence-electron chi connectivity index (χ3n) is 3.87. The van der Waals surface area contributed by atoms with Gasteiger partial charge in [0, 0.05) is 36.6 Å². The first-order chi connectivity index (χ1) is 14.1. The number of ether oxygens (including phenoxy) is 1. The van der Waals surface area contributed by atoms with E-state index in [0.717, 1.165) is 17.1 Å². The van der Waals surface area contributed by atoms with Crippen molar-refractivity contribution in [3.63, 3.8) is 0 Å². The second-order valence-corrected chi connectivity index (χ2v) is 6.14. The summed E-state index contributed by atoms with van der Waals surface area (Å²) in [5.74, 6) is 2.38. The minimum atomic E-state index is -0.199. The Kier molecular flexibility index (Phi) is 6.83. The molecule has 1 aromatic carbocycles. The van der Waals surface area contributed by atoms with Crippen LogP contribution in [-0.2, 0) is 4.79 Å². The summed E-state index contributed by atoms with van der Waals surface area (Å²) in [7, 11) is 1.63. The van der Waals surface area contributed by atoms with Crippen molar-refractivity contribution in [1.29, 1.82) is 0 Å². The van der Waals surface area contributed by atoms with Crippen molar-refractivity contribution in [2.75, 3.05) is 30.8 Å². The number of benzene rings is 1. The first-order valence-corrected chi connectivity index (χ1v) is 9.12. The van der Waals surface area contributed by atoms with E-state index < -0.39 is 0 Å². The lowest BCUT2D eigenvalue weighted by molar-refractivity contribution is -0.116. The predicted octanol–water partition coefficient (Wildman–Crippen LogP) is 3.37. The third-order valence-corrected chi connectivity index (χ3v) is 3.87. The van der Waals surface area contributed by atoms with Gasteiger partial charge in [0.2, 0.25) is 11.9 Å². The molecule has 0 bridgehead atoms. The average molecular weight is 393 g/mol. The second-order valence-electron chi connectivity index (χ2n) is 6.14. The van der Waals surface area contributed by atoms with E-state index in [4.69, 9.17) is 9.15 Å². The maximum atomic E-state index is 11.8. The first-order valence-electron chi connectivity index (χ1n) is 9.12. The number of aryl methyl sites for hydroxylation is 1. The number of aromatic nitrogens is 2. The number of methoxy groups -OCH3 is 1. The van der Waals surface area contributed by atoms with Gasteiger partial charge in [0.05, 0.1) is 13.4 Å². The average Bonchev–Trinajstić information content (AvgIpc) is 3.23. The number of carbonyl (C=O) groups excluding carboxylic acids is 1. The fourth-order valence-corrected chi connectivity index (χ4v) is 2.50. The van der Waals surface area contributed by atoms with Gasteiger partial charge in [-0.15, -0.1) is 0 Å². The van der Waals surface area contributed by atoms with Gasteiger partial charge in [-0.1, -0.05) is 0 Å². The molecule has 0 aliphatic carbocycles. The maximum absolute atomic E-state index is 11.8. The van der Waals surface area contributed by atoms with Crippen molar-refractivity contribution in [2.45, 2.75) is 6.92 Å². The van der Waals surface area contributed by atoms with Crippen LogP contribution in [0.1, 0.15) is 11.5 Å². The van der Waals surface area contributed by atoms with E-state index in [1.165, 1.54) is 6.08 Å². The van der Waals surface area contributed by atoms with E-state index in [0.29, 0.717) is 30.6 Å². The zero-order valence-electron chi connectivity index (χ0n) is 16.3. The van der Waals surface area contributed by atoms with E-state index in [9.17, 15) is 4.79 Å². The molecule has 0 unspecified atom stereocenters. The molecule has 2 heterocycles. The van der Waals surface area contributed by atoms with Crippen molar-refractivity contribution in [3.8, 4) is 5.75 Å². The summed E-state index contributed by atoms with van der Waals surface area (Å²) in [4.78, 5) is 20.6. The lowest BCUT2D eigenvalue weighted by Crippen LogP contribution is -2.27. The molecule has 8 nitrogen and oxygen atoms in total. The molecule has 0 aliphatic rings. The van der Waals surface area contributed by atoms with Gasteiger partial charge in [-0.25, -0.2) is 4.98 Å². The van der Waals surface area contributed by atoms with Crippen LogP contribution >= 0.6 is 0 Å². The van der Waals surface area contributed by atoms with Crippen molar-refractivity contribution >= 4 is 29.4 Å². The molecule has 1 amide bonds. The van der Waals surface area contributed by atoms with Crippen LogP contribution in [0.3, 0.4) is 0 Å². The SMILES string of the molecule is COc1ccc(Nc2cc(C)nc(NCCNC(=O)/C=C/c3ccco3)n2)cc1. The van der Waals surface area contributed by atoms with Gasteiger partial charge in [0.25, 0.3) is 0 Å². The van der Waals surface area contributed by atoms with E-state index >= 15 is 0 Å². The standard InChI is InChI=1S/C21H23N5O3/c1-15-14-19(25-16-5-7-17(28-2)8-6-16)26-21(24-15)23-12-11-22-20(27)10-9-18-4-3-13-29-18/h3-10,13-14H,11-12H2,1-2H3,(H,22,27)(H2,23,24,25,26)/b10-9+. The van der Waals surface area contributed by atoms with E-state index in [2.05, 4.69) is 25.9 Å². The molecule has 8 heteroatoms. The number of hydrogen-bond acceptors (Lipinski definition) is 7. The van der Waals surface area contributed by atoms with Gasteiger partial charge in [-0.3, -0.25) is 4.79 Å². The van der Waals surface area contributed by atoms with E-state index in [-0.39, 0.29) is 5.91 Å². The van der Waals surface area contributed by atoms with Gasteiger partial charge < -0.3 is 25.1 Å². The Labute approximate surface area is 169 Å². The molecule has 2 aromatic heterocycles. The van der Waals surface area contributed by atoms with Crippen LogP contribution in [0.5, 0.6) is 5.75 Å². The summed E-state index contributed by atoms with van der Waals surface area (Å²) in [6, 6.07) is 13.0. The smallest absolute Gasteiger partial charge is 0.244 e. The topological polar surface area (TPSA) is 101 Å². The zero-order valence-corrected chi connectivity index (χ0v) is 16.3. The Balaban J connectivity index is 1.48. The summed E-state index contributed by atoms with van der Waals surface area (Å²) in [6.07, 6.45) is 4.60. The van der Waals surface area contributed by atoms with Crippen LogP contribution in [-0.4, -0.2) is 36.1 Å². The fourth-order valence-electron chi connectivity index (χ4n) is 2.50. The molecule has 150 valence electrons. The van der Waals surface area contributed by atoms with Crippen molar-refractivity contribution in [1.82, 2.24) is 15.3 Å². The normalized spacial score (nSPS) is 10.7. The van der Waals surface area contributed by atoms with Crippen LogP contribution in [0, 0.1) is 6.92 Å². The molecule has 0 saturated carbocycles. The third kappa shape index (κ3) is 6.39. The van der Waals surface area contributed by atoms with E-state index in [1.54, 1.807) is 31.6 Å². The highest BCUT2D eigenvalue weighted by Crippen LogP contribution is 2.19. The Morgan fingerprint density at radius 2 is 2.00 bits per heavy atom. The van der Waals surface area contributed by atoms with E-state index in [1.807, 2.05) is 37.3 Å². The molecule has 3 aromatic rings. The van der Waals surface area contributed by atoms with Crippen LogP contribution in [0.25, 0.3) is 6.08 Å². The van der Waals surface area contributed by atoms with Crippen molar-refractivity contribution in [2.24, 2.45) is 0 Å². The second kappa shape index (κ2) is 9.93. The molecule has 3 N–H and O–H groups in total. The number of furan rings is 1. The van der Waals surface area contributed by atoms with Crippen LogP contribution in [0.15, 0.2) is 59.2 Å². The summed E-state index contributed by atoms with van der Waals surface area (Å²) in [5.41, 5.74) is 1.72. The molecule has 0 fully saturated rings. The maximum Gasteiger partial charge on any atom is 0.244 e. The van der Waals surface area contributed by atoms with Crippen LogP contribution in [0.2, 0.25) is 0 Å². The highest BCUT2D eigenvalue weighted by atomic mass is 16.5. The number of hydrogen-bond donors (Lipinski definition) is 3. The van der Waals surface area contributed by atoms with Gasteiger partial charge in [0.15, 0.2) is 0 Å². The number of nitrogens with one attached hydrogen (secondary N) is 3. The van der Waals surface area contributed by atoms with Crippen molar-refractivity contribution < 1.29 is 13.9 Å². The minimum absolute atomic E-state index is 0.199. The van der Waals surface area contributed by atoms with Gasteiger partial charge in [0.1, 0.15) is 17.3 Å². The lowest BCUT2D eigenvalue weighted by Gasteiger charge is -2.10. The summed E-state index contributed by atoms with van der Waals surface area (Å²) < 4.78 is 10.3.